The van der Waals surface area contributed by atoms with Crippen LogP contribution in [0.1, 0.15) is 20.8 Å². The molecule has 0 aromatic rings. The molecule has 82 valence electrons. The summed E-state index contributed by atoms with van der Waals surface area (Å²) < 4.78 is 9.44. The number of hydrogen-bond donors (Lipinski definition) is 2. The Balaban J connectivity index is 3.76. The molecule has 0 bridgehead atoms. The van der Waals surface area contributed by atoms with Gasteiger partial charge in [0.2, 0.25) is 12.2 Å². The van der Waals surface area contributed by atoms with Crippen molar-refractivity contribution in [3.63, 3.8) is 0 Å². The summed E-state index contributed by atoms with van der Waals surface area (Å²) in [7, 11) is 1.43. The Morgan fingerprint density at radius 1 is 1.21 bits per heavy atom. The van der Waals surface area contributed by atoms with Gasteiger partial charge in [-0.25, -0.2) is 4.79 Å². The maximum atomic E-state index is 11.0. The summed E-state index contributed by atoms with van der Waals surface area (Å²) in [6, 6.07) is 0. The molecule has 0 rings (SSSR count). The Hall–Kier alpha value is -1.30. The Morgan fingerprint density at radius 3 is 2.21 bits per heavy atom. The zero-order valence-electron chi connectivity index (χ0n) is 8.79. The molecule has 2 amide bonds. The highest BCUT2D eigenvalue weighted by atomic mass is 16.7. The smallest absolute Gasteiger partial charge is 0.411 e. The summed E-state index contributed by atoms with van der Waals surface area (Å²) in [5, 5.41) is 4.88. The maximum Gasteiger partial charge on any atom is 0.411 e. The van der Waals surface area contributed by atoms with E-state index in [1.54, 1.807) is 13.8 Å². The van der Waals surface area contributed by atoms with Gasteiger partial charge in [-0.15, -0.1) is 0 Å². The molecule has 0 aromatic carbocycles. The van der Waals surface area contributed by atoms with Crippen molar-refractivity contribution in [2.45, 2.75) is 33.2 Å². The predicted octanol–water partition coefficient (Wildman–Crippen LogP) is 0.187. The van der Waals surface area contributed by atoms with E-state index in [-0.39, 0.29) is 5.91 Å². The lowest BCUT2D eigenvalue weighted by Gasteiger charge is -2.16. The number of nitrogens with one attached hydrogen (secondary N) is 2. The van der Waals surface area contributed by atoms with Crippen LogP contribution in [0.4, 0.5) is 4.79 Å². The molecule has 6 heteroatoms. The minimum absolute atomic E-state index is 0.224. The lowest BCUT2D eigenvalue weighted by molar-refractivity contribution is -0.119. The predicted molar refractivity (Wildman–Crippen MR) is 49.4 cm³/mol. The quantitative estimate of drug-likeness (QED) is 0.641. The average molecular weight is 204 g/mol. The number of ether oxygens (including phenoxy) is 2. The van der Waals surface area contributed by atoms with Gasteiger partial charge in [-0.2, -0.15) is 0 Å². The third kappa shape index (κ3) is 6.24. The molecule has 0 aromatic heterocycles. The first-order chi connectivity index (χ1) is 6.45. The van der Waals surface area contributed by atoms with Crippen LogP contribution in [-0.4, -0.2) is 31.6 Å². The molecule has 2 N–H and O–H groups in total. The van der Waals surface area contributed by atoms with Crippen molar-refractivity contribution in [3.05, 3.63) is 0 Å². The molecule has 0 aliphatic carbocycles. The van der Waals surface area contributed by atoms with Crippen LogP contribution in [0.15, 0.2) is 0 Å². The van der Waals surface area contributed by atoms with Crippen molar-refractivity contribution in [1.82, 2.24) is 10.6 Å². The van der Waals surface area contributed by atoms with Gasteiger partial charge in [0.15, 0.2) is 0 Å². The van der Waals surface area contributed by atoms with Gasteiger partial charge in [0.05, 0.1) is 0 Å². The molecule has 0 saturated heterocycles. The minimum Gasteiger partial charge on any atom is -0.420 e. The third-order valence-electron chi connectivity index (χ3n) is 1.36. The second kappa shape index (κ2) is 6.20. The fourth-order valence-corrected chi connectivity index (χ4v) is 0.751. The van der Waals surface area contributed by atoms with Gasteiger partial charge in [-0.05, 0) is 13.8 Å². The zero-order chi connectivity index (χ0) is 11.1. The van der Waals surface area contributed by atoms with Crippen LogP contribution in [-0.2, 0) is 14.3 Å². The van der Waals surface area contributed by atoms with Crippen LogP contribution in [0.2, 0.25) is 0 Å². The van der Waals surface area contributed by atoms with E-state index in [2.05, 4.69) is 10.6 Å². The van der Waals surface area contributed by atoms with E-state index in [9.17, 15) is 9.59 Å². The number of methoxy groups -OCH3 is 1. The van der Waals surface area contributed by atoms with Gasteiger partial charge < -0.3 is 20.1 Å². The van der Waals surface area contributed by atoms with E-state index in [4.69, 9.17) is 9.47 Å². The molecule has 14 heavy (non-hydrogen) atoms. The van der Waals surface area contributed by atoms with Crippen LogP contribution in [0.5, 0.6) is 0 Å². The summed E-state index contributed by atoms with van der Waals surface area (Å²) >= 11 is 0. The average Bonchev–Trinajstić information content (AvgIpc) is 2.01. The van der Waals surface area contributed by atoms with Crippen LogP contribution < -0.4 is 10.6 Å². The lowest BCUT2D eigenvalue weighted by atomic mass is 10.5. The third-order valence-corrected chi connectivity index (χ3v) is 1.36. The Bertz CT molecular complexity index is 208. The van der Waals surface area contributed by atoms with Crippen molar-refractivity contribution in [1.29, 1.82) is 0 Å². The molecule has 6 nitrogen and oxygen atoms in total. The molecule has 0 saturated carbocycles. The Kier molecular flexibility index (Phi) is 5.62. The van der Waals surface area contributed by atoms with Crippen molar-refractivity contribution < 1.29 is 19.1 Å². The van der Waals surface area contributed by atoms with Crippen molar-refractivity contribution in [3.8, 4) is 0 Å². The Morgan fingerprint density at radius 2 is 1.79 bits per heavy atom. The van der Waals surface area contributed by atoms with Crippen molar-refractivity contribution in [2.75, 3.05) is 7.11 Å². The van der Waals surface area contributed by atoms with Gasteiger partial charge >= 0.3 is 6.09 Å². The number of hydrogen-bond acceptors (Lipinski definition) is 4. The number of carbonyl (C=O) groups excluding carboxylic acids is 2. The summed E-state index contributed by atoms with van der Waals surface area (Å²) in [5.74, 6) is -0.224. The molecule has 0 spiro atoms. The van der Waals surface area contributed by atoms with E-state index in [0.717, 1.165) is 0 Å². The van der Waals surface area contributed by atoms with Crippen LogP contribution in [0, 0.1) is 0 Å². The van der Waals surface area contributed by atoms with Gasteiger partial charge in [0.1, 0.15) is 6.17 Å². The topological polar surface area (TPSA) is 76.7 Å². The molecule has 0 aliphatic heterocycles. The molecule has 0 aliphatic rings. The van der Waals surface area contributed by atoms with E-state index >= 15 is 0 Å². The fraction of sp³-hybridized carbons (Fsp3) is 0.750. The first-order valence-electron chi connectivity index (χ1n) is 4.22. The van der Waals surface area contributed by atoms with Gasteiger partial charge in [0, 0.05) is 14.0 Å². The number of carbonyl (C=O) groups is 2. The zero-order valence-corrected chi connectivity index (χ0v) is 8.79. The molecule has 2 unspecified atom stereocenters. The number of amides is 2. The highest BCUT2D eigenvalue weighted by molar-refractivity contribution is 5.74. The summed E-state index contributed by atoms with van der Waals surface area (Å²) in [4.78, 5) is 21.6. The van der Waals surface area contributed by atoms with Crippen LogP contribution >= 0.6 is 0 Å². The Labute approximate surface area is 82.9 Å². The van der Waals surface area contributed by atoms with Crippen molar-refractivity contribution >= 4 is 12.0 Å². The van der Waals surface area contributed by atoms with Gasteiger partial charge in [-0.3, -0.25) is 4.79 Å². The van der Waals surface area contributed by atoms with Crippen LogP contribution in [0.25, 0.3) is 0 Å². The first-order valence-corrected chi connectivity index (χ1v) is 4.22. The lowest BCUT2D eigenvalue weighted by Crippen LogP contribution is -2.46. The normalized spacial score (nSPS) is 14.0. The molecule has 2 atom stereocenters. The van der Waals surface area contributed by atoms with Crippen LogP contribution in [0.3, 0.4) is 0 Å². The summed E-state index contributed by atoms with van der Waals surface area (Å²) in [6.07, 6.45) is -1.72. The largest absolute Gasteiger partial charge is 0.420 e. The second-order valence-corrected chi connectivity index (χ2v) is 2.78. The van der Waals surface area contributed by atoms with Gasteiger partial charge in [-0.1, -0.05) is 0 Å². The molecular formula is C8H16N2O4. The van der Waals surface area contributed by atoms with Gasteiger partial charge in [0.25, 0.3) is 0 Å². The standard InChI is InChI=1S/C8H16N2O4/c1-5(9-6(2)11)10-8(12)14-7(3)13-4/h5,7H,1-4H3,(H,9,11)(H,10,12). The maximum absolute atomic E-state index is 11.0. The summed E-state index contributed by atoms with van der Waals surface area (Å²) in [6.45, 7) is 4.57. The molecule has 0 fully saturated rings. The number of alkyl carbamates (subject to hydrolysis) is 1. The summed E-state index contributed by atoms with van der Waals surface area (Å²) in [5.41, 5.74) is 0. The molecular weight excluding hydrogens is 188 g/mol. The molecule has 0 heterocycles. The van der Waals surface area contributed by atoms with E-state index in [1.165, 1.54) is 14.0 Å². The fourth-order valence-electron chi connectivity index (χ4n) is 0.751. The monoisotopic (exact) mass is 204 g/mol. The highest BCUT2D eigenvalue weighted by Gasteiger charge is 2.11. The minimum atomic E-state index is -0.638. The van der Waals surface area contributed by atoms with E-state index < -0.39 is 18.5 Å². The highest BCUT2D eigenvalue weighted by Crippen LogP contribution is 1.91. The molecule has 0 radical (unpaired) electrons. The van der Waals surface area contributed by atoms with E-state index in [0.29, 0.717) is 0 Å². The van der Waals surface area contributed by atoms with E-state index in [1.807, 2.05) is 0 Å². The first kappa shape index (κ1) is 12.7. The van der Waals surface area contributed by atoms with Crippen molar-refractivity contribution in [2.24, 2.45) is 0 Å². The SMILES string of the molecule is COC(C)OC(=O)NC(C)NC(C)=O. The number of rotatable bonds is 4. The second-order valence-electron chi connectivity index (χ2n) is 2.78.